The molecule has 4 rings (SSSR count). The van der Waals surface area contributed by atoms with Gasteiger partial charge in [0, 0.05) is 0 Å². The van der Waals surface area contributed by atoms with Crippen LogP contribution < -0.4 is 0 Å². The average molecular weight is 314 g/mol. The van der Waals surface area contributed by atoms with Crippen LogP contribution in [0.3, 0.4) is 0 Å². The predicted octanol–water partition coefficient (Wildman–Crippen LogP) is 4.76. The molecule has 118 valence electrons. The number of hydrogen-bond acceptors (Lipinski definition) is 2. The molecule has 0 aliphatic carbocycles. The summed E-state index contributed by atoms with van der Waals surface area (Å²) in [4.78, 5) is 0. The summed E-state index contributed by atoms with van der Waals surface area (Å²) in [6, 6.07) is 27.5. The molecule has 0 aliphatic rings. The van der Waals surface area contributed by atoms with E-state index in [1.807, 2.05) is 84.9 Å². The van der Waals surface area contributed by atoms with Gasteiger partial charge < -0.3 is 10.2 Å². The second-order valence-electron chi connectivity index (χ2n) is 6.06. The van der Waals surface area contributed by atoms with Gasteiger partial charge in [-0.25, -0.2) is 0 Å². The molecule has 0 spiro atoms. The van der Waals surface area contributed by atoms with Crippen molar-refractivity contribution in [1.82, 2.24) is 0 Å². The lowest BCUT2D eigenvalue weighted by Gasteiger charge is -2.20. The molecule has 0 radical (unpaired) electrons. The molecule has 2 N–H and O–H groups in total. The lowest BCUT2D eigenvalue weighted by atomic mass is 9.93. The molecule has 24 heavy (non-hydrogen) atoms. The Hall–Kier alpha value is -2.68. The molecule has 0 heterocycles. The van der Waals surface area contributed by atoms with Gasteiger partial charge in [-0.2, -0.15) is 0 Å². The van der Waals surface area contributed by atoms with Crippen LogP contribution in [0.5, 0.6) is 0 Å². The van der Waals surface area contributed by atoms with Gasteiger partial charge in [0.2, 0.25) is 0 Å². The first-order valence-electron chi connectivity index (χ1n) is 8.06. The standard InChI is InChI=1S/C22H18O2/c23-21(18-13-12-15-6-1-2-8-17(15)14-18)22(24)20-11-5-9-16-7-3-4-10-19(16)20/h1-14,21-24H. The van der Waals surface area contributed by atoms with Crippen LogP contribution in [0.4, 0.5) is 0 Å². The fraction of sp³-hybridized carbons (Fsp3) is 0.0909. The molecule has 0 amide bonds. The summed E-state index contributed by atoms with van der Waals surface area (Å²) in [7, 11) is 0. The van der Waals surface area contributed by atoms with E-state index in [2.05, 4.69) is 0 Å². The fourth-order valence-electron chi connectivity index (χ4n) is 3.25. The van der Waals surface area contributed by atoms with Crippen molar-refractivity contribution in [1.29, 1.82) is 0 Å². The molecule has 0 bridgehead atoms. The topological polar surface area (TPSA) is 40.5 Å². The minimum Gasteiger partial charge on any atom is -0.385 e. The van der Waals surface area contributed by atoms with Crippen molar-refractivity contribution < 1.29 is 10.2 Å². The summed E-state index contributed by atoms with van der Waals surface area (Å²) < 4.78 is 0. The molecule has 0 saturated carbocycles. The van der Waals surface area contributed by atoms with Crippen LogP contribution in [-0.2, 0) is 0 Å². The third kappa shape index (κ3) is 2.56. The fourth-order valence-corrected chi connectivity index (χ4v) is 3.25. The van der Waals surface area contributed by atoms with E-state index in [-0.39, 0.29) is 0 Å². The predicted molar refractivity (Wildman–Crippen MR) is 97.8 cm³/mol. The monoisotopic (exact) mass is 314 g/mol. The van der Waals surface area contributed by atoms with Gasteiger partial charge in [-0.1, -0.05) is 78.9 Å². The van der Waals surface area contributed by atoms with Crippen molar-refractivity contribution >= 4 is 21.5 Å². The maximum absolute atomic E-state index is 10.8. The first-order chi connectivity index (χ1) is 11.7. The minimum atomic E-state index is -0.975. The zero-order chi connectivity index (χ0) is 16.5. The molecule has 4 aromatic rings. The number of aliphatic hydroxyl groups is 2. The van der Waals surface area contributed by atoms with E-state index in [0.717, 1.165) is 27.1 Å². The number of aliphatic hydroxyl groups excluding tert-OH is 2. The van der Waals surface area contributed by atoms with Gasteiger partial charge >= 0.3 is 0 Å². The Morgan fingerprint density at radius 3 is 2.04 bits per heavy atom. The molecule has 2 heteroatoms. The van der Waals surface area contributed by atoms with E-state index >= 15 is 0 Å². The van der Waals surface area contributed by atoms with E-state index in [0.29, 0.717) is 5.56 Å². The zero-order valence-electron chi connectivity index (χ0n) is 13.1. The highest BCUT2D eigenvalue weighted by Gasteiger charge is 2.22. The van der Waals surface area contributed by atoms with Crippen LogP contribution in [0.1, 0.15) is 23.3 Å². The Bertz CT molecular complexity index is 1000. The van der Waals surface area contributed by atoms with E-state index < -0.39 is 12.2 Å². The largest absolute Gasteiger partial charge is 0.385 e. The molecule has 4 aromatic carbocycles. The zero-order valence-corrected chi connectivity index (χ0v) is 13.1. The SMILES string of the molecule is OC(c1ccc2ccccc2c1)C(O)c1cccc2ccccc12. The van der Waals surface area contributed by atoms with E-state index in [9.17, 15) is 10.2 Å². The summed E-state index contributed by atoms with van der Waals surface area (Å²) >= 11 is 0. The van der Waals surface area contributed by atoms with Crippen molar-refractivity contribution in [3.05, 3.63) is 96.1 Å². The molecular formula is C22H18O2. The smallest absolute Gasteiger partial charge is 0.110 e. The second-order valence-corrected chi connectivity index (χ2v) is 6.06. The lowest BCUT2D eigenvalue weighted by molar-refractivity contribution is 0.0182. The maximum atomic E-state index is 10.8. The van der Waals surface area contributed by atoms with Gasteiger partial charge in [-0.05, 0) is 38.7 Å². The van der Waals surface area contributed by atoms with Crippen LogP contribution in [0, 0.1) is 0 Å². The van der Waals surface area contributed by atoms with Gasteiger partial charge in [0.25, 0.3) is 0 Å². The van der Waals surface area contributed by atoms with Crippen molar-refractivity contribution in [2.45, 2.75) is 12.2 Å². The summed E-state index contributed by atoms with van der Waals surface area (Å²) in [6.45, 7) is 0. The molecule has 2 nitrogen and oxygen atoms in total. The summed E-state index contributed by atoms with van der Waals surface area (Å²) in [5.74, 6) is 0. The second kappa shape index (κ2) is 6.08. The Morgan fingerprint density at radius 1 is 0.542 bits per heavy atom. The third-order valence-corrected chi connectivity index (χ3v) is 4.56. The summed E-state index contributed by atoms with van der Waals surface area (Å²) in [6.07, 6.45) is -1.95. The lowest BCUT2D eigenvalue weighted by Crippen LogP contribution is -2.10. The molecule has 0 aliphatic heterocycles. The van der Waals surface area contributed by atoms with Crippen molar-refractivity contribution in [2.75, 3.05) is 0 Å². The highest BCUT2D eigenvalue weighted by atomic mass is 16.3. The summed E-state index contributed by atoms with van der Waals surface area (Å²) in [5, 5.41) is 25.7. The van der Waals surface area contributed by atoms with Crippen LogP contribution >= 0.6 is 0 Å². The van der Waals surface area contributed by atoms with Crippen molar-refractivity contribution in [2.24, 2.45) is 0 Å². The van der Waals surface area contributed by atoms with Crippen molar-refractivity contribution in [3.63, 3.8) is 0 Å². The van der Waals surface area contributed by atoms with Crippen LogP contribution in [0.25, 0.3) is 21.5 Å². The number of fused-ring (bicyclic) bond motifs is 2. The third-order valence-electron chi connectivity index (χ3n) is 4.56. The van der Waals surface area contributed by atoms with Gasteiger partial charge in [0.05, 0.1) is 0 Å². The van der Waals surface area contributed by atoms with Crippen LogP contribution in [-0.4, -0.2) is 10.2 Å². The highest BCUT2D eigenvalue weighted by Crippen LogP contribution is 2.34. The number of hydrogen-bond donors (Lipinski definition) is 2. The summed E-state index contributed by atoms with van der Waals surface area (Å²) in [5.41, 5.74) is 1.46. The van der Waals surface area contributed by atoms with E-state index in [1.165, 1.54) is 0 Å². The Labute approximate surface area is 140 Å². The number of rotatable bonds is 3. The molecule has 0 aromatic heterocycles. The average Bonchev–Trinajstić information content (AvgIpc) is 2.66. The van der Waals surface area contributed by atoms with Gasteiger partial charge in [0.1, 0.15) is 12.2 Å². The van der Waals surface area contributed by atoms with Crippen LogP contribution in [0.2, 0.25) is 0 Å². The van der Waals surface area contributed by atoms with E-state index in [1.54, 1.807) is 0 Å². The molecule has 0 fully saturated rings. The Balaban J connectivity index is 1.75. The quantitative estimate of drug-likeness (QED) is 0.572. The molecule has 2 atom stereocenters. The first kappa shape index (κ1) is 14.9. The first-order valence-corrected chi connectivity index (χ1v) is 8.06. The van der Waals surface area contributed by atoms with Gasteiger partial charge in [-0.15, -0.1) is 0 Å². The number of benzene rings is 4. The van der Waals surface area contributed by atoms with E-state index in [4.69, 9.17) is 0 Å². The van der Waals surface area contributed by atoms with Crippen molar-refractivity contribution in [3.8, 4) is 0 Å². The van der Waals surface area contributed by atoms with Crippen LogP contribution in [0.15, 0.2) is 84.9 Å². The van der Waals surface area contributed by atoms with Gasteiger partial charge in [-0.3, -0.25) is 0 Å². The Kier molecular flexibility index (Phi) is 3.77. The Morgan fingerprint density at radius 2 is 1.21 bits per heavy atom. The minimum absolute atomic E-state index is 0.717. The molecule has 0 saturated heterocycles. The van der Waals surface area contributed by atoms with Gasteiger partial charge in [0.15, 0.2) is 0 Å². The maximum Gasteiger partial charge on any atom is 0.110 e. The normalized spacial score (nSPS) is 13.9. The molecular weight excluding hydrogens is 296 g/mol. The highest BCUT2D eigenvalue weighted by molar-refractivity contribution is 5.86. The molecule has 2 unspecified atom stereocenters.